The first-order valence-electron chi connectivity index (χ1n) is 19.1. The number of anilines is 1. The smallest absolute Gasteiger partial charge is 0.352 e. The summed E-state index contributed by atoms with van der Waals surface area (Å²) in [6.45, 7) is 5.15. The second-order valence-electron chi connectivity index (χ2n) is 14.3. The Morgan fingerprint density at radius 2 is 1.61 bits per heavy atom. The second kappa shape index (κ2) is 16.2. The molecule has 0 amide bonds. The second-order valence-corrected chi connectivity index (χ2v) is 15.0. The van der Waals surface area contributed by atoms with Crippen LogP contribution >= 0.6 is 12.1 Å². The Hall–Kier alpha value is -4.97. The van der Waals surface area contributed by atoms with Gasteiger partial charge in [-0.15, -0.1) is 0 Å². The van der Waals surface area contributed by atoms with Crippen molar-refractivity contribution in [3.8, 4) is 22.6 Å². The van der Waals surface area contributed by atoms with Gasteiger partial charge < -0.3 is 24.0 Å². The van der Waals surface area contributed by atoms with E-state index >= 15 is 0 Å². The first-order chi connectivity index (χ1) is 26.5. The molecule has 2 aromatic heterocycles. The van der Waals surface area contributed by atoms with Gasteiger partial charge >= 0.3 is 5.97 Å². The van der Waals surface area contributed by atoms with E-state index in [0.717, 1.165) is 120 Å². The maximum absolute atomic E-state index is 13.2. The van der Waals surface area contributed by atoms with Crippen molar-refractivity contribution < 1.29 is 19.4 Å². The number of hydrogen-bond acceptors (Lipinski definition) is 8. The standard InChI is InChI=1S/C43H48N6O4S/c1-46-38-17-4-2-3-7-23-49-41-34(35(42(49)43(50)51)16-10-28-52-39-18-8-12-30-11-5-6-13-33(30)39)14-9-15-36(41)40(38)37(45-46)29-53-32-21-19-31(20-22-32)47-24-26-48(54-44)27-25-47/h5-6,8-9,11-15,18-22H,2-4,7,10,16-17,23-29,44H2,1H3,(H,50,51). The van der Waals surface area contributed by atoms with Gasteiger partial charge in [-0.3, -0.25) is 9.82 Å². The number of fused-ring (bicyclic) bond motifs is 3. The van der Waals surface area contributed by atoms with E-state index in [-0.39, 0.29) is 0 Å². The Kier molecular flexibility index (Phi) is 10.8. The van der Waals surface area contributed by atoms with Crippen LogP contribution in [0.5, 0.6) is 11.5 Å². The SMILES string of the molecule is Cn1nc(COc2ccc(N3CCN(SN)CC3)cc2)c2c1CCCCCCn1c(C(=O)O)c(CCCOc3cccc4ccccc34)c3cccc-2c31. The zero-order valence-electron chi connectivity index (χ0n) is 30.9. The van der Waals surface area contributed by atoms with Crippen LogP contribution in [0.1, 0.15) is 59.5 Å². The molecule has 0 spiro atoms. The topological polar surface area (TPSA) is 111 Å². The summed E-state index contributed by atoms with van der Waals surface area (Å²) in [5.41, 5.74) is 7.47. The summed E-state index contributed by atoms with van der Waals surface area (Å²) in [4.78, 5) is 15.5. The molecule has 4 aromatic carbocycles. The number of piperazine rings is 1. The summed E-state index contributed by atoms with van der Waals surface area (Å²) in [5, 5.41) is 24.8. The van der Waals surface area contributed by atoms with Crippen LogP contribution < -0.4 is 19.5 Å². The van der Waals surface area contributed by atoms with Gasteiger partial charge in [0.2, 0.25) is 0 Å². The summed E-state index contributed by atoms with van der Waals surface area (Å²) in [5.74, 6) is 0.741. The fourth-order valence-corrected chi connectivity index (χ4v) is 8.72. The van der Waals surface area contributed by atoms with E-state index in [0.29, 0.717) is 38.3 Å². The molecule has 1 saturated heterocycles. The highest BCUT2D eigenvalue weighted by Crippen LogP contribution is 2.40. The van der Waals surface area contributed by atoms with E-state index in [2.05, 4.69) is 62.3 Å². The van der Waals surface area contributed by atoms with Crippen molar-refractivity contribution >= 4 is 45.5 Å². The first-order valence-corrected chi connectivity index (χ1v) is 20.0. The Labute approximate surface area is 320 Å². The van der Waals surface area contributed by atoms with Crippen LogP contribution in [0, 0.1) is 0 Å². The third kappa shape index (κ3) is 7.28. The van der Waals surface area contributed by atoms with E-state index in [4.69, 9.17) is 19.7 Å². The van der Waals surface area contributed by atoms with Crippen LogP contribution in [0.3, 0.4) is 0 Å². The van der Waals surface area contributed by atoms with E-state index in [1.165, 1.54) is 17.8 Å². The van der Waals surface area contributed by atoms with Crippen LogP contribution in [0.25, 0.3) is 32.8 Å². The Morgan fingerprint density at radius 3 is 2.43 bits per heavy atom. The van der Waals surface area contributed by atoms with Crippen LogP contribution in [-0.2, 0) is 33.0 Å². The van der Waals surface area contributed by atoms with Crippen molar-refractivity contribution in [3.05, 3.63) is 108 Å². The number of carbonyl (C=O) groups is 1. The quantitative estimate of drug-likeness (QED) is 0.100. The fraction of sp³-hybridized carbons (Fsp3) is 0.349. The minimum absolute atomic E-state index is 0.302. The predicted molar refractivity (Wildman–Crippen MR) is 217 cm³/mol. The largest absolute Gasteiger partial charge is 0.493 e. The molecule has 10 nitrogen and oxygen atoms in total. The van der Waals surface area contributed by atoms with Crippen molar-refractivity contribution in [1.82, 2.24) is 18.7 Å². The molecule has 4 heterocycles. The summed E-state index contributed by atoms with van der Waals surface area (Å²) >= 11 is 1.31. The number of para-hydroxylation sites is 1. The molecule has 0 unspecified atom stereocenters. The molecule has 2 aliphatic heterocycles. The molecule has 2 aliphatic rings. The number of benzene rings is 4. The lowest BCUT2D eigenvalue weighted by Gasteiger charge is -2.34. The van der Waals surface area contributed by atoms with Gasteiger partial charge in [-0.05, 0) is 73.4 Å². The van der Waals surface area contributed by atoms with E-state index in [1.54, 1.807) is 0 Å². The maximum Gasteiger partial charge on any atom is 0.352 e. The highest BCUT2D eigenvalue weighted by Gasteiger charge is 2.28. The summed E-state index contributed by atoms with van der Waals surface area (Å²) in [7, 11) is 2.02. The van der Waals surface area contributed by atoms with Gasteiger partial charge in [-0.2, -0.15) is 5.10 Å². The Bertz CT molecular complexity index is 2250. The normalized spacial score (nSPS) is 15.3. The van der Waals surface area contributed by atoms with E-state index in [9.17, 15) is 9.90 Å². The number of nitrogens with two attached hydrogens (primary N) is 1. The average molecular weight is 745 g/mol. The van der Waals surface area contributed by atoms with Crippen molar-refractivity contribution in [2.45, 2.75) is 58.1 Å². The number of nitrogens with zero attached hydrogens (tertiary/aromatic N) is 5. The molecule has 0 radical (unpaired) electrons. The molecule has 54 heavy (non-hydrogen) atoms. The van der Waals surface area contributed by atoms with Crippen LogP contribution in [0.4, 0.5) is 5.69 Å². The number of aromatic carboxylic acids is 1. The summed E-state index contributed by atoms with van der Waals surface area (Å²) < 4.78 is 19.0. The summed E-state index contributed by atoms with van der Waals surface area (Å²) in [6, 6.07) is 28.9. The third-order valence-electron chi connectivity index (χ3n) is 11.0. The van der Waals surface area contributed by atoms with Crippen molar-refractivity contribution in [2.24, 2.45) is 12.2 Å². The van der Waals surface area contributed by atoms with Gasteiger partial charge in [0.15, 0.2) is 0 Å². The molecule has 1 fully saturated rings. The minimum atomic E-state index is -0.893. The van der Waals surface area contributed by atoms with Gasteiger partial charge in [0.25, 0.3) is 0 Å². The minimum Gasteiger partial charge on any atom is -0.493 e. The van der Waals surface area contributed by atoms with Gasteiger partial charge in [-0.25, -0.2) is 9.10 Å². The molecule has 0 atom stereocenters. The molecule has 11 heteroatoms. The lowest BCUT2D eigenvalue weighted by atomic mass is 9.96. The predicted octanol–water partition coefficient (Wildman–Crippen LogP) is 8.24. The number of ether oxygens (including phenoxy) is 2. The van der Waals surface area contributed by atoms with Crippen molar-refractivity contribution in [2.75, 3.05) is 37.7 Å². The lowest BCUT2D eigenvalue weighted by molar-refractivity contribution is 0.0684. The lowest BCUT2D eigenvalue weighted by Crippen LogP contribution is -2.44. The molecule has 0 bridgehead atoms. The number of hydrogen-bond donors (Lipinski definition) is 2. The molecule has 8 rings (SSSR count). The number of aromatic nitrogens is 3. The highest BCUT2D eigenvalue weighted by atomic mass is 32.2. The number of aryl methyl sites for hydroxylation is 3. The van der Waals surface area contributed by atoms with Crippen molar-refractivity contribution in [3.63, 3.8) is 0 Å². The average Bonchev–Trinajstić information content (AvgIpc) is 3.69. The van der Waals surface area contributed by atoms with Crippen LogP contribution in [-0.4, -0.2) is 62.5 Å². The first kappa shape index (κ1) is 36.0. The fourth-order valence-electron chi connectivity index (χ4n) is 8.35. The monoisotopic (exact) mass is 744 g/mol. The van der Waals surface area contributed by atoms with Crippen LogP contribution in [0.15, 0.2) is 84.9 Å². The molecular weight excluding hydrogens is 697 g/mol. The van der Waals surface area contributed by atoms with Gasteiger partial charge in [0.1, 0.15) is 29.5 Å². The van der Waals surface area contributed by atoms with Crippen molar-refractivity contribution in [1.29, 1.82) is 0 Å². The van der Waals surface area contributed by atoms with Gasteiger partial charge in [0.05, 0.1) is 12.1 Å². The Balaban J connectivity index is 1.10. The Morgan fingerprint density at radius 1 is 0.852 bits per heavy atom. The maximum atomic E-state index is 13.2. The molecular formula is C43H48N6O4S. The zero-order valence-corrected chi connectivity index (χ0v) is 31.7. The van der Waals surface area contributed by atoms with E-state index in [1.807, 2.05) is 48.1 Å². The van der Waals surface area contributed by atoms with Crippen LogP contribution in [0.2, 0.25) is 0 Å². The number of carboxylic acids is 1. The highest BCUT2D eigenvalue weighted by molar-refractivity contribution is 7.94. The molecule has 0 aliphatic carbocycles. The molecule has 280 valence electrons. The third-order valence-corrected chi connectivity index (χ3v) is 11.6. The number of carboxylic acid groups (broad SMARTS) is 1. The van der Waals surface area contributed by atoms with Gasteiger partial charge in [0, 0.05) is 85.2 Å². The van der Waals surface area contributed by atoms with Gasteiger partial charge in [-0.1, -0.05) is 67.4 Å². The summed E-state index contributed by atoms with van der Waals surface area (Å²) in [6.07, 6.45) is 6.25. The number of rotatable bonds is 11. The molecule has 0 saturated carbocycles. The zero-order chi connectivity index (χ0) is 37.0. The molecule has 6 aromatic rings. The van der Waals surface area contributed by atoms with E-state index < -0.39 is 5.97 Å². The molecule has 3 N–H and O–H groups in total.